The molecule has 0 aromatic heterocycles. The number of hydrogen-bond donors (Lipinski definition) is 3. The molecular weight excluding hydrogens is 238 g/mol. The van der Waals surface area contributed by atoms with Crippen molar-refractivity contribution < 1.29 is 8.42 Å². The molecule has 0 atom stereocenters. The smallest absolute Gasteiger partial charge is 0.208 e. The maximum absolute atomic E-state index is 10.8. The molecule has 5 nitrogen and oxygen atoms in total. The van der Waals surface area contributed by atoms with Crippen molar-refractivity contribution in [2.24, 2.45) is 0 Å². The highest BCUT2D eigenvalue weighted by molar-refractivity contribution is 7.88. The van der Waals surface area contributed by atoms with Crippen LogP contribution in [0.2, 0.25) is 0 Å². The van der Waals surface area contributed by atoms with Crippen LogP contribution in [0.1, 0.15) is 12.0 Å². The van der Waals surface area contributed by atoms with Crippen molar-refractivity contribution in [3.05, 3.63) is 23.8 Å². The topological polar surface area (TPSA) is 84.2 Å². The number of benzene rings is 1. The van der Waals surface area contributed by atoms with Crippen LogP contribution >= 0.6 is 0 Å². The highest BCUT2D eigenvalue weighted by atomic mass is 32.2. The fourth-order valence-electron chi connectivity index (χ4n) is 1.39. The lowest BCUT2D eigenvalue weighted by Crippen LogP contribution is -2.24. The molecule has 96 valence electrons. The second kappa shape index (κ2) is 5.88. The molecule has 17 heavy (non-hydrogen) atoms. The van der Waals surface area contributed by atoms with Gasteiger partial charge in [-0.05, 0) is 31.0 Å². The number of hydrogen-bond acceptors (Lipinski definition) is 4. The fraction of sp³-hybridized carbons (Fsp3) is 0.455. The van der Waals surface area contributed by atoms with Gasteiger partial charge in [0, 0.05) is 13.1 Å². The van der Waals surface area contributed by atoms with Crippen LogP contribution in [0, 0.1) is 6.92 Å². The summed E-state index contributed by atoms with van der Waals surface area (Å²) < 4.78 is 24.1. The summed E-state index contributed by atoms with van der Waals surface area (Å²) >= 11 is 0. The summed E-state index contributed by atoms with van der Waals surface area (Å²) in [4.78, 5) is 0. The Hall–Kier alpha value is -1.27. The van der Waals surface area contributed by atoms with Gasteiger partial charge in [-0.25, -0.2) is 13.1 Å². The summed E-state index contributed by atoms with van der Waals surface area (Å²) in [5.74, 6) is 0. The molecular formula is C11H19N3O2S. The molecule has 0 bridgehead atoms. The van der Waals surface area contributed by atoms with E-state index in [1.54, 1.807) is 0 Å². The van der Waals surface area contributed by atoms with E-state index >= 15 is 0 Å². The van der Waals surface area contributed by atoms with Gasteiger partial charge >= 0.3 is 0 Å². The molecule has 0 aliphatic heterocycles. The van der Waals surface area contributed by atoms with Crippen LogP contribution in [-0.2, 0) is 10.0 Å². The minimum Gasteiger partial charge on any atom is -0.397 e. The number of anilines is 2. The van der Waals surface area contributed by atoms with Crippen LogP contribution in [0.5, 0.6) is 0 Å². The molecule has 4 N–H and O–H groups in total. The van der Waals surface area contributed by atoms with Crippen molar-refractivity contribution in [3.63, 3.8) is 0 Å². The maximum Gasteiger partial charge on any atom is 0.208 e. The maximum atomic E-state index is 10.8. The third-order valence-electron chi connectivity index (χ3n) is 2.24. The summed E-state index contributed by atoms with van der Waals surface area (Å²) in [6, 6.07) is 5.78. The zero-order chi connectivity index (χ0) is 12.9. The summed E-state index contributed by atoms with van der Waals surface area (Å²) in [6.45, 7) is 3.10. The van der Waals surface area contributed by atoms with Crippen molar-refractivity contribution >= 4 is 21.4 Å². The quantitative estimate of drug-likeness (QED) is 0.523. The Bertz CT molecular complexity index is 472. The molecule has 0 saturated carbocycles. The van der Waals surface area contributed by atoms with Crippen molar-refractivity contribution in [1.82, 2.24) is 4.72 Å². The normalized spacial score (nSPS) is 11.4. The van der Waals surface area contributed by atoms with E-state index in [4.69, 9.17) is 5.73 Å². The van der Waals surface area contributed by atoms with Gasteiger partial charge in [0.2, 0.25) is 10.0 Å². The highest BCUT2D eigenvalue weighted by Crippen LogP contribution is 2.19. The minimum atomic E-state index is -3.09. The predicted octanol–water partition coefficient (Wildman–Crippen LogP) is 0.928. The van der Waals surface area contributed by atoms with E-state index < -0.39 is 10.0 Å². The first kappa shape index (κ1) is 13.8. The molecule has 1 aromatic rings. The Morgan fingerprint density at radius 1 is 1.29 bits per heavy atom. The van der Waals surface area contributed by atoms with E-state index in [1.807, 2.05) is 25.1 Å². The third-order valence-corrected chi connectivity index (χ3v) is 2.97. The van der Waals surface area contributed by atoms with Crippen LogP contribution in [0.15, 0.2) is 18.2 Å². The van der Waals surface area contributed by atoms with E-state index in [9.17, 15) is 8.42 Å². The number of nitrogens with two attached hydrogens (primary N) is 1. The van der Waals surface area contributed by atoms with Crippen molar-refractivity contribution in [2.75, 3.05) is 30.4 Å². The molecule has 6 heteroatoms. The molecule has 0 radical (unpaired) electrons. The third kappa shape index (κ3) is 5.55. The zero-order valence-electron chi connectivity index (χ0n) is 10.2. The first-order valence-electron chi connectivity index (χ1n) is 5.43. The summed E-state index contributed by atoms with van der Waals surface area (Å²) in [6.07, 6.45) is 1.86. The summed E-state index contributed by atoms with van der Waals surface area (Å²) in [5, 5.41) is 3.18. The SMILES string of the molecule is Cc1ccc(N)c(NCCCNS(C)(=O)=O)c1. The van der Waals surface area contributed by atoms with Crippen molar-refractivity contribution in [1.29, 1.82) is 0 Å². The summed E-state index contributed by atoms with van der Waals surface area (Å²) in [7, 11) is -3.09. The Morgan fingerprint density at radius 3 is 2.65 bits per heavy atom. The second-order valence-corrected chi connectivity index (χ2v) is 5.87. The number of nitrogen functional groups attached to an aromatic ring is 1. The first-order chi connectivity index (χ1) is 7.88. The number of aryl methyl sites for hydroxylation is 1. The number of rotatable bonds is 6. The first-order valence-corrected chi connectivity index (χ1v) is 7.32. The average molecular weight is 257 g/mol. The molecule has 0 aliphatic carbocycles. The molecule has 0 fully saturated rings. The lowest BCUT2D eigenvalue weighted by atomic mass is 10.2. The number of nitrogens with one attached hydrogen (secondary N) is 2. The second-order valence-electron chi connectivity index (χ2n) is 4.04. The van der Waals surface area contributed by atoms with E-state index in [2.05, 4.69) is 10.0 Å². The zero-order valence-corrected chi connectivity index (χ0v) is 11.0. The molecule has 0 saturated heterocycles. The Labute approximate surface area is 102 Å². The lowest BCUT2D eigenvalue weighted by molar-refractivity contribution is 0.586. The number of sulfonamides is 1. The van der Waals surface area contributed by atoms with Gasteiger partial charge in [-0.15, -0.1) is 0 Å². The van der Waals surface area contributed by atoms with Gasteiger partial charge in [0.25, 0.3) is 0 Å². The Balaban J connectivity index is 2.34. The Kier molecular flexibility index (Phi) is 4.77. The standard InChI is InChI=1S/C11H19N3O2S/c1-9-4-5-10(12)11(8-9)13-6-3-7-14-17(2,15)16/h4-5,8,13-14H,3,6-7,12H2,1-2H3. The summed E-state index contributed by atoms with van der Waals surface area (Å²) in [5.41, 5.74) is 8.53. The van der Waals surface area contributed by atoms with E-state index in [0.29, 0.717) is 25.2 Å². The van der Waals surface area contributed by atoms with Gasteiger partial charge in [-0.1, -0.05) is 6.07 Å². The highest BCUT2D eigenvalue weighted by Gasteiger charge is 2.00. The Morgan fingerprint density at radius 2 is 2.00 bits per heavy atom. The fourth-order valence-corrected chi connectivity index (χ4v) is 1.91. The van der Waals surface area contributed by atoms with Gasteiger partial charge in [0.15, 0.2) is 0 Å². The van der Waals surface area contributed by atoms with Crippen molar-refractivity contribution in [3.8, 4) is 0 Å². The average Bonchev–Trinajstić information content (AvgIpc) is 2.21. The van der Waals surface area contributed by atoms with Crippen molar-refractivity contribution in [2.45, 2.75) is 13.3 Å². The monoisotopic (exact) mass is 257 g/mol. The van der Waals surface area contributed by atoms with Crippen LogP contribution in [0.3, 0.4) is 0 Å². The van der Waals surface area contributed by atoms with Gasteiger partial charge in [0.05, 0.1) is 17.6 Å². The van der Waals surface area contributed by atoms with Gasteiger partial charge in [0.1, 0.15) is 0 Å². The molecule has 0 amide bonds. The van der Waals surface area contributed by atoms with Gasteiger partial charge in [-0.3, -0.25) is 0 Å². The van der Waals surface area contributed by atoms with Crippen LogP contribution in [-0.4, -0.2) is 27.8 Å². The van der Waals surface area contributed by atoms with E-state index in [1.165, 1.54) is 0 Å². The molecule has 1 aromatic carbocycles. The van der Waals surface area contributed by atoms with Crippen LogP contribution < -0.4 is 15.8 Å². The molecule has 0 aliphatic rings. The molecule has 0 unspecified atom stereocenters. The lowest BCUT2D eigenvalue weighted by Gasteiger charge is -2.10. The molecule has 0 heterocycles. The largest absolute Gasteiger partial charge is 0.397 e. The van der Waals surface area contributed by atoms with E-state index in [0.717, 1.165) is 17.5 Å². The predicted molar refractivity (Wildman–Crippen MR) is 71.5 cm³/mol. The molecule has 0 spiro atoms. The van der Waals surface area contributed by atoms with Gasteiger partial charge in [-0.2, -0.15) is 0 Å². The molecule has 1 rings (SSSR count). The van der Waals surface area contributed by atoms with Crippen LogP contribution in [0.25, 0.3) is 0 Å². The van der Waals surface area contributed by atoms with Crippen LogP contribution in [0.4, 0.5) is 11.4 Å². The van der Waals surface area contributed by atoms with E-state index in [-0.39, 0.29) is 0 Å². The van der Waals surface area contributed by atoms with Gasteiger partial charge < -0.3 is 11.1 Å². The minimum absolute atomic E-state index is 0.428.